The molecule has 0 bridgehead atoms. The van der Waals surface area contributed by atoms with Gasteiger partial charge < -0.3 is 25.4 Å². The minimum absolute atomic E-state index is 0.374. The lowest BCUT2D eigenvalue weighted by atomic mass is 9.95. The van der Waals surface area contributed by atoms with Crippen molar-refractivity contribution < 1.29 is 20.1 Å². The molecule has 0 radical (unpaired) electrons. The van der Waals surface area contributed by atoms with E-state index in [0.717, 1.165) is 12.8 Å². The number of hydrogen-bond donors (Lipinski definition) is 4. The van der Waals surface area contributed by atoms with Gasteiger partial charge in [-0.2, -0.15) is 0 Å². The smallest absolute Gasteiger partial charge is 0.168 e. The molecule has 4 atom stereocenters. The highest BCUT2D eigenvalue weighted by atomic mass is 16.6. The van der Waals surface area contributed by atoms with Gasteiger partial charge in [-0.05, 0) is 19.8 Å². The Hall–Kier alpha value is -1.81. The number of aliphatic hydroxyl groups is 3. The van der Waals surface area contributed by atoms with Crippen molar-refractivity contribution in [2.45, 2.75) is 69.1 Å². The Bertz CT molecular complexity index is 774. The lowest BCUT2D eigenvalue weighted by molar-refractivity contribution is -0.0950. The molecule has 0 amide bonds. The lowest BCUT2D eigenvalue weighted by Crippen LogP contribution is -2.44. The van der Waals surface area contributed by atoms with E-state index in [9.17, 15) is 15.3 Å². The van der Waals surface area contributed by atoms with Crippen molar-refractivity contribution in [3.05, 3.63) is 12.7 Å². The van der Waals surface area contributed by atoms with E-state index in [2.05, 4.69) is 20.3 Å². The summed E-state index contributed by atoms with van der Waals surface area (Å²) in [5.41, 5.74) is -0.475. The Labute approximate surface area is 151 Å². The van der Waals surface area contributed by atoms with Crippen LogP contribution in [0.3, 0.4) is 0 Å². The van der Waals surface area contributed by atoms with Gasteiger partial charge in [0.05, 0.1) is 12.9 Å². The summed E-state index contributed by atoms with van der Waals surface area (Å²) in [6.45, 7) is 1.09. The Morgan fingerprint density at radius 3 is 2.73 bits per heavy atom. The van der Waals surface area contributed by atoms with Crippen molar-refractivity contribution in [2.24, 2.45) is 0 Å². The quantitative estimate of drug-likeness (QED) is 0.621. The molecule has 26 heavy (non-hydrogen) atoms. The molecule has 2 aromatic rings. The molecule has 4 N–H and O–H groups in total. The number of ether oxygens (including phenoxy) is 1. The maximum Gasteiger partial charge on any atom is 0.168 e. The van der Waals surface area contributed by atoms with Crippen LogP contribution in [0.2, 0.25) is 0 Å². The van der Waals surface area contributed by atoms with Gasteiger partial charge >= 0.3 is 0 Å². The molecule has 142 valence electrons. The van der Waals surface area contributed by atoms with E-state index in [1.165, 1.54) is 38.8 Å². The molecule has 1 saturated heterocycles. The average molecular weight is 363 g/mol. The third-order valence-electron chi connectivity index (χ3n) is 5.49. The first kappa shape index (κ1) is 17.6. The molecule has 4 rings (SSSR count). The summed E-state index contributed by atoms with van der Waals surface area (Å²) in [6.07, 6.45) is 5.90. The summed E-state index contributed by atoms with van der Waals surface area (Å²) < 4.78 is 7.26. The van der Waals surface area contributed by atoms with Crippen molar-refractivity contribution >= 4 is 17.0 Å². The maximum absolute atomic E-state index is 10.7. The van der Waals surface area contributed by atoms with Gasteiger partial charge in [0.1, 0.15) is 24.1 Å². The molecule has 9 nitrogen and oxygen atoms in total. The Morgan fingerprint density at radius 2 is 2.04 bits per heavy atom. The van der Waals surface area contributed by atoms with Crippen LogP contribution in [0, 0.1) is 0 Å². The second-order valence-corrected chi connectivity index (χ2v) is 7.41. The summed E-state index contributed by atoms with van der Waals surface area (Å²) in [7, 11) is 0. The predicted molar refractivity (Wildman–Crippen MR) is 93.4 cm³/mol. The normalized spacial score (nSPS) is 33.0. The number of hydrogen-bond acceptors (Lipinski definition) is 8. The highest BCUT2D eigenvalue weighted by Crippen LogP contribution is 2.39. The second kappa shape index (κ2) is 6.73. The first-order valence-corrected chi connectivity index (χ1v) is 9.13. The van der Waals surface area contributed by atoms with E-state index >= 15 is 0 Å². The maximum atomic E-state index is 10.7. The number of aliphatic hydroxyl groups excluding tert-OH is 2. The number of anilines is 1. The van der Waals surface area contributed by atoms with Gasteiger partial charge in [0.15, 0.2) is 23.2 Å². The molecule has 0 aromatic carbocycles. The van der Waals surface area contributed by atoms with Gasteiger partial charge in [-0.3, -0.25) is 4.57 Å². The number of imidazole rings is 1. The molecule has 1 saturated carbocycles. The zero-order valence-electron chi connectivity index (χ0n) is 14.7. The number of fused-ring (bicyclic) bond motifs is 1. The molecule has 0 unspecified atom stereocenters. The summed E-state index contributed by atoms with van der Waals surface area (Å²) in [4.78, 5) is 13.0. The molecule has 1 aliphatic heterocycles. The average Bonchev–Trinajstić information content (AvgIpc) is 3.16. The van der Waals surface area contributed by atoms with E-state index < -0.39 is 24.0 Å². The Kier molecular flexibility index (Phi) is 4.55. The van der Waals surface area contributed by atoms with Crippen LogP contribution in [0.1, 0.15) is 45.3 Å². The lowest BCUT2D eigenvalue weighted by Gasteiger charge is -2.27. The van der Waals surface area contributed by atoms with E-state index in [1.54, 1.807) is 4.57 Å². The molecular formula is C17H25N5O4. The number of aromatic nitrogens is 4. The fourth-order valence-corrected chi connectivity index (χ4v) is 3.96. The van der Waals surface area contributed by atoms with Crippen LogP contribution in [0.25, 0.3) is 11.2 Å². The van der Waals surface area contributed by atoms with E-state index in [4.69, 9.17) is 4.74 Å². The third kappa shape index (κ3) is 2.84. The largest absolute Gasteiger partial charge is 0.394 e. The van der Waals surface area contributed by atoms with E-state index in [1.807, 2.05) is 0 Å². The van der Waals surface area contributed by atoms with Crippen molar-refractivity contribution in [3.8, 4) is 0 Å². The van der Waals surface area contributed by atoms with Crippen LogP contribution in [0.15, 0.2) is 12.7 Å². The summed E-state index contributed by atoms with van der Waals surface area (Å²) in [5, 5.41) is 33.7. The summed E-state index contributed by atoms with van der Waals surface area (Å²) >= 11 is 0. The van der Waals surface area contributed by atoms with Crippen molar-refractivity contribution in [1.82, 2.24) is 19.5 Å². The first-order chi connectivity index (χ1) is 12.5. The summed E-state index contributed by atoms with van der Waals surface area (Å²) in [5.74, 6) is 0.664. The fraction of sp³-hybridized carbons (Fsp3) is 0.706. The molecule has 3 heterocycles. The minimum atomic E-state index is -1.58. The fourth-order valence-electron chi connectivity index (χ4n) is 3.96. The van der Waals surface area contributed by atoms with Gasteiger partial charge in [0.25, 0.3) is 0 Å². The molecular weight excluding hydrogens is 338 g/mol. The molecule has 1 aliphatic carbocycles. The van der Waals surface area contributed by atoms with Gasteiger partial charge in [0.2, 0.25) is 0 Å². The minimum Gasteiger partial charge on any atom is -0.394 e. The van der Waals surface area contributed by atoms with E-state index in [-0.39, 0.29) is 6.61 Å². The Balaban J connectivity index is 1.66. The second-order valence-electron chi connectivity index (χ2n) is 7.41. The molecule has 0 spiro atoms. The Morgan fingerprint density at radius 1 is 1.27 bits per heavy atom. The molecule has 9 heteroatoms. The van der Waals surface area contributed by atoms with Crippen LogP contribution < -0.4 is 5.32 Å². The van der Waals surface area contributed by atoms with Crippen molar-refractivity contribution in [1.29, 1.82) is 0 Å². The predicted octanol–water partition coefficient (Wildman–Crippen LogP) is 0.572. The van der Waals surface area contributed by atoms with Crippen molar-refractivity contribution in [3.63, 3.8) is 0 Å². The van der Waals surface area contributed by atoms with Gasteiger partial charge in [-0.25, -0.2) is 15.0 Å². The SMILES string of the molecule is C[C@@]1(O)[C@H](O)[C@@H](CO)O[C@H]1n1cnc2c(NC3CCCCC3)ncnc21. The summed E-state index contributed by atoms with van der Waals surface area (Å²) in [6, 6.07) is 0.374. The molecule has 2 fully saturated rings. The zero-order chi connectivity index (χ0) is 18.3. The number of nitrogens with zero attached hydrogens (tertiary/aromatic N) is 4. The zero-order valence-corrected chi connectivity index (χ0v) is 14.7. The van der Waals surface area contributed by atoms with Gasteiger partial charge in [-0.1, -0.05) is 19.3 Å². The van der Waals surface area contributed by atoms with Crippen molar-refractivity contribution in [2.75, 3.05) is 11.9 Å². The molecule has 2 aliphatic rings. The number of rotatable bonds is 4. The van der Waals surface area contributed by atoms with Gasteiger partial charge in [-0.15, -0.1) is 0 Å². The monoisotopic (exact) mass is 363 g/mol. The first-order valence-electron chi connectivity index (χ1n) is 9.13. The van der Waals surface area contributed by atoms with Crippen LogP contribution in [0.5, 0.6) is 0 Å². The van der Waals surface area contributed by atoms with E-state index in [0.29, 0.717) is 23.0 Å². The van der Waals surface area contributed by atoms with Gasteiger partial charge in [0, 0.05) is 6.04 Å². The van der Waals surface area contributed by atoms with Crippen LogP contribution in [0.4, 0.5) is 5.82 Å². The van der Waals surface area contributed by atoms with Crippen LogP contribution >= 0.6 is 0 Å². The third-order valence-corrected chi connectivity index (χ3v) is 5.49. The molecule has 2 aromatic heterocycles. The van der Waals surface area contributed by atoms with Crippen LogP contribution in [-0.4, -0.2) is 65.3 Å². The highest BCUT2D eigenvalue weighted by molar-refractivity contribution is 5.82. The van der Waals surface area contributed by atoms with Crippen LogP contribution in [-0.2, 0) is 4.74 Å². The highest BCUT2D eigenvalue weighted by Gasteiger charge is 2.53. The number of nitrogens with one attached hydrogen (secondary N) is 1. The standard InChI is InChI=1S/C17H25N5O4/c1-17(25)13(24)11(7-23)26-16(17)22-9-20-12-14(18-8-19-15(12)22)21-10-5-3-2-4-6-10/h8-11,13,16,23-25H,2-7H2,1H3,(H,18,19,21)/t11-,13-,16-,17-/m1/s1. The topological polar surface area (TPSA) is 126 Å².